The Hall–Kier alpha value is -3.25. The van der Waals surface area contributed by atoms with E-state index in [1.807, 2.05) is 54.6 Å². The van der Waals surface area contributed by atoms with E-state index in [-0.39, 0.29) is 18.4 Å². The number of rotatable bonds is 6. The number of carbonyl (C=O) groups is 1. The van der Waals surface area contributed by atoms with Crippen molar-refractivity contribution < 1.29 is 4.79 Å². The summed E-state index contributed by atoms with van der Waals surface area (Å²) in [6.07, 6.45) is 3.67. The monoisotopic (exact) mass is 347 g/mol. The highest BCUT2D eigenvalue weighted by Gasteiger charge is 2.08. The minimum atomic E-state index is -0.190. The number of benzene rings is 1. The van der Waals surface area contributed by atoms with Gasteiger partial charge in [-0.25, -0.2) is 9.97 Å². The summed E-state index contributed by atoms with van der Waals surface area (Å²) in [4.78, 5) is 20.4. The average molecular weight is 347 g/mol. The van der Waals surface area contributed by atoms with Gasteiger partial charge in [-0.15, -0.1) is 0 Å². The first-order valence-electron chi connectivity index (χ1n) is 8.40. The number of nitrogens with zero attached hydrogens (tertiary/aromatic N) is 2. The molecule has 6 nitrogen and oxygen atoms in total. The minimum Gasteiger partial charge on any atom is -0.340 e. The standard InChI is InChI=1S/C20H21N5O/c1-14(21)11-20(26)25-19-13-16(8-10-23-19)15-7-9-22-18(12-15)24-17-5-3-2-4-6-17/h2-10,12-14H,11,21H2,1H3,(H,22,24)(H,23,25,26). The highest BCUT2D eigenvalue weighted by Crippen LogP contribution is 2.24. The molecule has 6 heteroatoms. The zero-order valence-electron chi connectivity index (χ0n) is 14.5. The van der Waals surface area contributed by atoms with Gasteiger partial charge in [-0.2, -0.15) is 0 Å². The first-order valence-corrected chi connectivity index (χ1v) is 8.40. The van der Waals surface area contributed by atoms with Crippen LogP contribution in [0, 0.1) is 0 Å². The Labute approximate surface area is 152 Å². The van der Waals surface area contributed by atoms with E-state index in [4.69, 9.17) is 5.73 Å². The average Bonchev–Trinajstić information content (AvgIpc) is 2.62. The zero-order valence-corrected chi connectivity index (χ0v) is 14.5. The summed E-state index contributed by atoms with van der Waals surface area (Å²) in [7, 11) is 0. The fourth-order valence-electron chi connectivity index (χ4n) is 2.51. The third-order valence-electron chi connectivity index (χ3n) is 3.67. The first kappa shape index (κ1) is 17.6. The molecule has 2 heterocycles. The molecule has 3 aromatic rings. The summed E-state index contributed by atoms with van der Waals surface area (Å²) in [5, 5.41) is 6.05. The van der Waals surface area contributed by atoms with Crippen LogP contribution in [0.2, 0.25) is 0 Å². The summed E-state index contributed by atoms with van der Waals surface area (Å²) in [6, 6.07) is 17.3. The molecule has 0 spiro atoms. The number of hydrogen-bond donors (Lipinski definition) is 3. The van der Waals surface area contributed by atoms with Crippen LogP contribution in [-0.4, -0.2) is 21.9 Å². The molecule has 3 rings (SSSR count). The molecule has 4 N–H and O–H groups in total. The molecular weight excluding hydrogens is 326 g/mol. The Morgan fingerprint density at radius 2 is 1.62 bits per heavy atom. The van der Waals surface area contributed by atoms with Crippen molar-refractivity contribution in [2.75, 3.05) is 10.6 Å². The lowest BCUT2D eigenvalue weighted by molar-refractivity contribution is -0.116. The van der Waals surface area contributed by atoms with E-state index in [0.717, 1.165) is 22.6 Å². The molecule has 0 aliphatic carbocycles. The van der Waals surface area contributed by atoms with Gasteiger partial charge in [-0.3, -0.25) is 4.79 Å². The lowest BCUT2D eigenvalue weighted by Crippen LogP contribution is -2.24. The molecule has 132 valence electrons. The Morgan fingerprint density at radius 3 is 2.27 bits per heavy atom. The maximum atomic E-state index is 11.9. The molecule has 1 unspecified atom stereocenters. The van der Waals surface area contributed by atoms with E-state index in [1.54, 1.807) is 19.3 Å². The van der Waals surface area contributed by atoms with Crippen molar-refractivity contribution in [3.63, 3.8) is 0 Å². The highest BCUT2D eigenvalue weighted by molar-refractivity contribution is 5.90. The lowest BCUT2D eigenvalue weighted by atomic mass is 10.1. The second kappa shape index (κ2) is 8.22. The second-order valence-corrected chi connectivity index (χ2v) is 6.08. The van der Waals surface area contributed by atoms with E-state index < -0.39 is 0 Å². The first-order chi connectivity index (χ1) is 12.6. The molecule has 0 saturated heterocycles. The predicted molar refractivity (Wildman–Crippen MR) is 104 cm³/mol. The second-order valence-electron chi connectivity index (χ2n) is 6.08. The zero-order chi connectivity index (χ0) is 18.4. The number of pyridine rings is 2. The quantitative estimate of drug-likeness (QED) is 0.634. The fraction of sp³-hybridized carbons (Fsp3) is 0.150. The van der Waals surface area contributed by atoms with Crippen LogP contribution in [-0.2, 0) is 4.79 Å². The normalized spacial score (nSPS) is 11.6. The van der Waals surface area contributed by atoms with Crippen molar-refractivity contribution in [1.29, 1.82) is 0 Å². The van der Waals surface area contributed by atoms with Crippen LogP contribution in [0.15, 0.2) is 67.0 Å². The number of carbonyl (C=O) groups excluding carboxylic acids is 1. The minimum absolute atomic E-state index is 0.147. The van der Waals surface area contributed by atoms with Gasteiger partial charge in [0.25, 0.3) is 0 Å². The molecule has 0 bridgehead atoms. The van der Waals surface area contributed by atoms with Gasteiger partial charge < -0.3 is 16.4 Å². The van der Waals surface area contributed by atoms with Crippen molar-refractivity contribution in [3.8, 4) is 11.1 Å². The van der Waals surface area contributed by atoms with E-state index in [9.17, 15) is 4.79 Å². The third kappa shape index (κ3) is 4.87. The van der Waals surface area contributed by atoms with Gasteiger partial charge in [0.2, 0.25) is 5.91 Å². The fourth-order valence-corrected chi connectivity index (χ4v) is 2.51. The molecule has 1 aromatic carbocycles. The van der Waals surface area contributed by atoms with Crippen LogP contribution in [0.1, 0.15) is 13.3 Å². The molecular formula is C20H21N5O. The van der Waals surface area contributed by atoms with E-state index in [1.165, 1.54) is 0 Å². The number of para-hydroxylation sites is 1. The van der Waals surface area contributed by atoms with Crippen LogP contribution in [0.5, 0.6) is 0 Å². The summed E-state index contributed by atoms with van der Waals surface area (Å²) in [5.41, 5.74) is 8.54. The highest BCUT2D eigenvalue weighted by atomic mass is 16.1. The molecule has 2 aromatic heterocycles. The number of anilines is 3. The smallest absolute Gasteiger partial charge is 0.227 e. The molecule has 0 fully saturated rings. The van der Waals surface area contributed by atoms with Crippen LogP contribution in [0.25, 0.3) is 11.1 Å². The Bertz CT molecular complexity index is 880. The number of nitrogens with one attached hydrogen (secondary N) is 2. The summed E-state index contributed by atoms with van der Waals surface area (Å²) < 4.78 is 0. The summed E-state index contributed by atoms with van der Waals surface area (Å²) in [6.45, 7) is 1.79. The van der Waals surface area contributed by atoms with Gasteiger partial charge >= 0.3 is 0 Å². The van der Waals surface area contributed by atoms with E-state index in [2.05, 4.69) is 20.6 Å². The molecule has 0 aliphatic rings. The number of hydrogen-bond acceptors (Lipinski definition) is 5. The van der Waals surface area contributed by atoms with Crippen LogP contribution >= 0.6 is 0 Å². The molecule has 1 atom stereocenters. The molecule has 0 saturated carbocycles. The Morgan fingerprint density at radius 1 is 1.00 bits per heavy atom. The molecule has 0 radical (unpaired) electrons. The molecule has 26 heavy (non-hydrogen) atoms. The van der Waals surface area contributed by atoms with Crippen molar-refractivity contribution >= 4 is 23.2 Å². The Balaban J connectivity index is 1.78. The maximum absolute atomic E-state index is 11.9. The van der Waals surface area contributed by atoms with Gasteiger partial charge in [0, 0.05) is 30.5 Å². The van der Waals surface area contributed by atoms with E-state index in [0.29, 0.717) is 5.82 Å². The molecule has 0 aliphatic heterocycles. The van der Waals surface area contributed by atoms with Gasteiger partial charge in [-0.05, 0) is 54.4 Å². The SMILES string of the molecule is CC(N)CC(=O)Nc1cc(-c2ccnc(Nc3ccccc3)c2)ccn1. The van der Waals surface area contributed by atoms with Crippen molar-refractivity contribution in [2.24, 2.45) is 5.73 Å². The van der Waals surface area contributed by atoms with Gasteiger partial charge in [-0.1, -0.05) is 18.2 Å². The number of aromatic nitrogens is 2. The number of amides is 1. The maximum Gasteiger partial charge on any atom is 0.227 e. The number of nitrogens with two attached hydrogens (primary N) is 1. The van der Waals surface area contributed by atoms with Crippen LogP contribution < -0.4 is 16.4 Å². The van der Waals surface area contributed by atoms with Crippen molar-refractivity contribution in [3.05, 3.63) is 67.0 Å². The van der Waals surface area contributed by atoms with E-state index >= 15 is 0 Å². The van der Waals surface area contributed by atoms with Crippen molar-refractivity contribution in [1.82, 2.24) is 9.97 Å². The lowest BCUT2D eigenvalue weighted by Gasteiger charge is -2.10. The largest absolute Gasteiger partial charge is 0.340 e. The van der Waals surface area contributed by atoms with Crippen LogP contribution in [0.4, 0.5) is 17.3 Å². The van der Waals surface area contributed by atoms with Crippen LogP contribution in [0.3, 0.4) is 0 Å². The summed E-state index contributed by atoms with van der Waals surface area (Å²) >= 11 is 0. The third-order valence-corrected chi connectivity index (χ3v) is 3.67. The van der Waals surface area contributed by atoms with Crippen molar-refractivity contribution in [2.45, 2.75) is 19.4 Å². The Kier molecular flexibility index (Phi) is 5.56. The van der Waals surface area contributed by atoms with Gasteiger partial charge in [0.15, 0.2) is 0 Å². The topological polar surface area (TPSA) is 92.9 Å². The predicted octanol–water partition coefficient (Wildman–Crippen LogP) is 3.56. The van der Waals surface area contributed by atoms with Gasteiger partial charge in [0.05, 0.1) is 0 Å². The summed E-state index contributed by atoms with van der Waals surface area (Å²) in [5.74, 6) is 1.10. The molecule has 1 amide bonds. The van der Waals surface area contributed by atoms with Gasteiger partial charge in [0.1, 0.15) is 11.6 Å².